The average molecular weight is 421 g/mol. The number of nitrogens with zero attached hydrogens (tertiary/aromatic N) is 1. The highest BCUT2D eigenvalue weighted by molar-refractivity contribution is 9.10. The van der Waals surface area contributed by atoms with Crippen LogP contribution in [0.1, 0.15) is 27.2 Å². The largest absolute Gasteiger partial charge is 0.487 e. The number of carbonyl (C=O) groups excluding carboxylic acids is 1. The van der Waals surface area contributed by atoms with E-state index in [1.807, 2.05) is 0 Å². The van der Waals surface area contributed by atoms with Gasteiger partial charge in [-0.2, -0.15) is 0 Å². The monoisotopic (exact) mass is 419 g/mol. The van der Waals surface area contributed by atoms with Crippen LogP contribution in [0, 0.1) is 0 Å². The number of hydrogen-bond donors (Lipinski definition) is 1. The fraction of sp³-hybridized carbons (Fsp3) is 0.500. The van der Waals surface area contributed by atoms with Crippen LogP contribution in [-0.4, -0.2) is 46.4 Å². The molecule has 132 valence electrons. The second-order valence-corrected chi connectivity index (χ2v) is 7.86. The number of likely N-dealkylation sites (tertiary alicyclic amines) is 1. The Morgan fingerprint density at radius 1 is 1.38 bits per heavy atom. The quantitative estimate of drug-likeness (QED) is 0.801. The molecule has 6 nitrogen and oxygen atoms in total. The molecule has 1 heterocycles. The number of carboxylic acids is 1. The summed E-state index contributed by atoms with van der Waals surface area (Å²) in [4.78, 5) is 24.9. The minimum Gasteiger partial charge on any atom is -0.487 e. The second-order valence-electron chi connectivity index (χ2n) is 6.54. The van der Waals surface area contributed by atoms with Crippen molar-refractivity contribution >= 4 is 39.6 Å². The Bertz CT molecular complexity index is 646. The normalized spacial score (nSPS) is 20.8. The number of aliphatic carboxylic acids is 1. The van der Waals surface area contributed by atoms with Crippen LogP contribution < -0.4 is 4.74 Å². The van der Waals surface area contributed by atoms with E-state index in [4.69, 9.17) is 21.1 Å². The van der Waals surface area contributed by atoms with E-state index in [0.717, 1.165) is 4.47 Å². The first-order valence-electron chi connectivity index (χ1n) is 7.41. The molecule has 8 heteroatoms. The minimum atomic E-state index is -1.09. The molecule has 2 atom stereocenters. The van der Waals surface area contributed by atoms with E-state index in [2.05, 4.69) is 15.9 Å². The van der Waals surface area contributed by atoms with Gasteiger partial charge in [-0.25, -0.2) is 9.59 Å². The van der Waals surface area contributed by atoms with Gasteiger partial charge in [0.05, 0.1) is 11.6 Å². The van der Waals surface area contributed by atoms with Gasteiger partial charge in [0.1, 0.15) is 23.5 Å². The van der Waals surface area contributed by atoms with Crippen molar-refractivity contribution in [1.29, 1.82) is 0 Å². The molecule has 1 amide bonds. The van der Waals surface area contributed by atoms with E-state index in [1.54, 1.807) is 39.0 Å². The number of amides is 1. The van der Waals surface area contributed by atoms with Crippen molar-refractivity contribution in [3.05, 3.63) is 27.7 Å². The minimum absolute atomic E-state index is 0.123. The van der Waals surface area contributed by atoms with Gasteiger partial charge in [0.15, 0.2) is 0 Å². The maximum absolute atomic E-state index is 12.2. The molecule has 0 aliphatic carbocycles. The number of rotatable bonds is 3. The Morgan fingerprint density at radius 2 is 2.04 bits per heavy atom. The number of carbonyl (C=O) groups is 2. The molecule has 1 saturated heterocycles. The van der Waals surface area contributed by atoms with Crippen LogP contribution in [0.2, 0.25) is 5.02 Å². The standard InChI is InChI=1S/C16H19BrClNO5/c1-16(2,3)24-15(22)19-8-10(7-12(19)14(20)21)23-13-5-4-9(17)6-11(13)18/h4-6,10,12H,7-8H2,1-3H3,(H,20,21)/t10-,12-/m0/s1. The molecule has 0 saturated carbocycles. The highest BCUT2D eigenvalue weighted by Crippen LogP contribution is 2.31. The Kier molecular flexibility index (Phi) is 5.65. The van der Waals surface area contributed by atoms with E-state index in [9.17, 15) is 14.7 Å². The molecule has 0 bridgehead atoms. The first-order valence-corrected chi connectivity index (χ1v) is 8.58. The summed E-state index contributed by atoms with van der Waals surface area (Å²) in [7, 11) is 0. The third-order valence-corrected chi connectivity index (χ3v) is 4.15. The van der Waals surface area contributed by atoms with Gasteiger partial charge in [-0.15, -0.1) is 0 Å². The number of benzene rings is 1. The molecular formula is C16H19BrClNO5. The number of hydrogen-bond acceptors (Lipinski definition) is 4. The number of carboxylic acid groups (broad SMARTS) is 1. The Hall–Kier alpha value is -1.47. The molecule has 0 radical (unpaired) electrons. The Labute approximate surface area is 153 Å². The van der Waals surface area contributed by atoms with Crippen molar-refractivity contribution in [2.45, 2.75) is 44.9 Å². The van der Waals surface area contributed by atoms with Crippen LogP contribution in [0.5, 0.6) is 5.75 Å². The molecular weight excluding hydrogens is 402 g/mol. The summed E-state index contributed by atoms with van der Waals surface area (Å²) >= 11 is 9.42. The van der Waals surface area contributed by atoms with Crippen molar-refractivity contribution in [3.8, 4) is 5.75 Å². The van der Waals surface area contributed by atoms with E-state index in [0.29, 0.717) is 10.8 Å². The highest BCUT2D eigenvalue weighted by Gasteiger charge is 2.42. The highest BCUT2D eigenvalue weighted by atomic mass is 79.9. The zero-order valence-electron chi connectivity index (χ0n) is 13.6. The van der Waals surface area contributed by atoms with Gasteiger partial charge in [0.25, 0.3) is 0 Å². The van der Waals surface area contributed by atoms with Gasteiger partial charge in [0, 0.05) is 10.9 Å². The van der Waals surface area contributed by atoms with E-state index in [1.165, 1.54) is 4.90 Å². The zero-order chi connectivity index (χ0) is 18.1. The molecule has 1 aromatic carbocycles. The molecule has 0 unspecified atom stereocenters. The molecule has 0 spiro atoms. The topological polar surface area (TPSA) is 76.1 Å². The summed E-state index contributed by atoms with van der Waals surface area (Å²) < 4.78 is 11.9. The van der Waals surface area contributed by atoms with Gasteiger partial charge in [-0.1, -0.05) is 27.5 Å². The fourth-order valence-corrected chi connectivity index (χ4v) is 3.11. The zero-order valence-corrected chi connectivity index (χ0v) is 15.9. The van der Waals surface area contributed by atoms with Crippen LogP contribution in [0.25, 0.3) is 0 Å². The van der Waals surface area contributed by atoms with Crippen molar-refractivity contribution in [1.82, 2.24) is 4.90 Å². The van der Waals surface area contributed by atoms with Crippen LogP contribution in [0.15, 0.2) is 22.7 Å². The fourth-order valence-electron chi connectivity index (χ4n) is 2.39. The van der Waals surface area contributed by atoms with Gasteiger partial charge in [0.2, 0.25) is 0 Å². The third kappa shape index (κ3) is 4.77. The lowest BCUT2D eigenvalue weighted by molar-refractivity contribution is -0.142. The number of ether oxygens (including phenoxy) is 2. The van der Waals surface area contributed by atoms with Crippen LogP contribution in [0.3, 0.4) is 0 Å². The lowest BCUT2D eigenvalue weighted by Crippen LogP contribution is -2.43. The van der Waals surface area contributed by atoms with Crippen molar-refractivity contribution in [3.63, 3.8) is 0 Å². The molecule has 2 rings (SSSR count). The number of halogens is 2. The lowest BCUT2D eigenvalue weighted by atomic mass is 10.2. The first-order chi connectivity index (χ1) is 11.1. The Morgan fingerprint density at radius 3 is 2.58 bits per heavy atom. The van der Waals surface area contributed by atoms with Crippen LogP contribution in [0.4, 0.5) is 4.79 Å². The van der Waals surface area contributed by atoms with Gasteiger partial charge in [-0.3, -0.25) is 4.90 Å². The summed E-state index contributed by atoms with van der Waals surface area (Å²) in [5.41, 5.74) is -0.700. The van der Waals surface area contributed by atoms with Crippen LogP contribution >= 0.6 is 27.5 Å². The SMILES string of the molecule is CC(C)(C)OC(=O)N1C[C@@H](Oc2ccc(Br)cc2Cl)C[C@H]1C(=O)O. The average Bonchev–Trinajstić information content (AvgIpc) is 2.84. The van der Waals surface area contributed by atoms with Gasteiger partial charge >= 0.3 is 12.1 Å². The predicted molar refractivity (Wildman–Crippen MR) is 92.5 cm³/mol. The summed E-state index contributed by atoms with van der Waals surface area (Å²) in [5.74, 6) is -0.645. The molecule has 1 fully saturated rings. The molecule has 1 N–H and O–H groups in total. The molecule has 0 aromatic heterocycles. The summed E-state index contributed by atoms with van der Waals surface area (Å²) in [6.07, 6.45) is -0.971. The van der Waals surface area contributed by atoms with Crippen molar-refractivity contribution < 1.29 is 24.2 Å². The second kappa shape index (κ2) is 7.19. The van der Waals surface area contributed by atoms with Gasteiger partial charge in [-0.05, 0) is 39.0 Å². The maximum Gasteiger partial charge on any atom is 0.411 e. The van der Waals surface area contributed by atoms with Crippen LogP contribution in [-0.2, 0) is 9.53 Å². The third-order valence-electron chi connectivity index (χ3n) is 3.36. The first kappa shape index (κ1) is 18.9. The Balaban J connectivity index is 2.11. The smallest absolute Gasteiger partial charge is 0.411 e. The van der Waals surface area contributed by atoms with Crippen molar-refractivity contribution in [2.75, 3.05) is 6.54 Å². The van der Waals surface area contributed by atoms with E-state index >= 15 is 0 Å². The summed E-state index contributed by atoms with van der Waals surface area (Å²) in [6, 6.07) is 4.17. The summed E-state index contributed by atoms with van der Waals surface area (Å²) in [6.45, 7) is 5.31. The lowest BCUT2D eigenvalue weighted by Gasteiger charge is -2.26. The summed E-state index contributed by atoms with van der Waals surface area (Å²) in [5, 5.41) is 9.78. The molecule has 1 aliphatic heterocycles. The predicted octanol–water partition coefficient (Wildman–Crippen LogP) is 3.94. The molecule has 1 aromatic rings. The van der Waals surface area contributed by atoms with Gasteiger partial charge < -0.3 is 14.6 Å². The van der Waals surface area contributed by atoms with E-state index in [-0.39, 0.29) is 13.0 Å². The molecule has 24 heavy (non-hydrogen) atoms. The molecule has 1 aliphatic rings. The van der Waals surface area contributed by atoms with E-state index < -0.39 is 29.8 Å². The maximum atomic E-state index is 12.2. The van der Waals surface area contributed by atoms with Crippen molar-refractivity contribution in [2.24, 2.45) is 0 Å².